The topological polar surface area (TPSA) is 95.7 Å². The van der Waals surface area contributed by atoms with Crippen LogP contribution in [0.5, 0.6) is 0 Å². The predicted octanol–water partition coefficient (Wildman–Crippen LogP) is 1.91. The van der Waals surface area contributed by atoms with Gasteiger partial charge in [-0.25, -0.2) is 13.1 Å². The highest BCUT2D eigenvalue weighted by Crippen LogP contribution is 2.19. The van der Waals surface area contributed by atoms with Gasteiger partial charge in [0.15, 0.2) is 5.96 Å². The van der Waals surface area contributed by atoms with Crippen LogP contribution < -0.4 is 15.4 Å². The van der Waals surface area contributed by atoms with Gasteiger partial charge in [0, 0.05) is 25.0 Å². The van der Waals surface area contributed by atoms with Crippen molar-refractivity contribution in [1.29, 1.82) is 0 Å². The Kier molecular flexibility index (Phi) is 8.73. The average Bonchev–Trinajstić information content (AvgIpc) is 3.18. The van der Waals surface area contributed by atoms with Gasteiger partial charge in [0.05, 0.1) is 12.8 Å². The third-order valence-electron chi connectivity index (χ3n) is 2.92. The standard InChI is InChI=1S/C14H20N4O3S2.HI/c1-11-5-6-13(22-11)23(19,20)18-8-7-16-14(15-2)17-10-12-4-3-9-21-12;/h3-6,9,18H,7-8,10H2,1-2H3,(H2,15,16,17);1H. The molecule has 2 rings (SSSR count). The van der Waals surface area contributed by atoms with Crippen molar-refractivity contribution < 1.29 is 12.8 Å². The van der Waals surface area contributed by atoms with Crippen LogP contribution in [0.4, 0.5) is 0 Å². The van der Waals surface area contributed by atoms with Crippen molar-refractivity contribution in [3.63, 3.8) is 0 Å². The zero-order valence-corrected chi connectivity index (χ0v) is 17.4. The van der Waals surface area contributed by atoms with Crippen LogP contribution in [0.1, 0.15) is 10.6 Å². The molecule has 24 heavy (non-hydrogen) atoms. The Morgan fingerprint density at radius 2 is 2.04 bits per heavy atom. The zero-order chi connectivity index (χ0) is 16.7. The molecule has 7 nitrogen and oxygen atoms in total. The molecule has 3 N–H and O–H groups in total. The van der Waals surface area contributed by atoms with Gasteiger partial charge in [0.25, 0.3) is 0 Å². The molecule has 0 amide bonds. The van der Waals surface area contributed by atoms with Crippen LogP contribution in [0.3, 0.4) is 0 Å². The molecule has 0 spiro atoms. The summed E-state index contributed by atoms with van der Waals surface area (Å²) in [5, 5.41) is 6.11. The predicted molar refractivity (Wildman–Crippen MR) is 107 cm³/mol. The van der Waals surface area contributed by atoms with E-state index in [-0.39, 0.29) is 30.5 Å². The molecule has 0 bridgehead atoms. The van der Waals surface area contributed by atoms with Gasteiger partial charge in [-0.15, -0.1) is 35.3 Å². The summed E-state index contributed by atoms with van der Waals surface area (Å²) >= 11 is 1.25. The van der Waals surface area contributed by atoms with E-state index in [9.17, 15) is 8.42 Å². The van der Waals surface area contributed by atoms with Gasteiger partial charge in [-0.3, -0.25) is 4.99 Å². The number of guanidine groups is 1. The van der Waals surface area contributed by atoms with Gasteiger partial charge in [0.1, 0.15) is 9.97 Å². The molecule has 0 fully saturated rings. The second-order valence-electron chi connectivity index (χ2n) is 4.69. The Morgan fingerprint density at radius 3 is 2.62 bits per heavy atom. The van der Waals surface area contributed by atoms with E-state index in [2.05, 4.69) is 20.3 Å². The van der Waals surface area contributed by atoms with Crippen LogP contribution in [0.25, 0.3) is 0 Å². The number of halogens is 1. The van der Waals surface area contributed by atoms with Crippen LogP contribution in [0.2, 0.25) is 0 Å². The number of hydrogen-bond acceptors (Lipinski definition) is 5. The van der Waals surface area contributed by atoms with E-state index in [1.807, 2.05) is 19.1 Å². The van der Waals surface area contributed by atoms with Crippen LogP contribution in [0, 0.1) is 6.92 Å². The molecule has 2 heterocycles. The third kappa shape index (κ3) is 6.42. The highest BCUT2D eigenvalue weighted by Gasteiger charge is 2.15. The summed E-state index contributed by atoms with van der Waals surface area (Å²) in [7, 11) is -1.79. The fraction of sp³-hybridized carbons (Fsp3) is 0.357. The summed E-state index contributed by atoms with van der Waals surface area (Å²) in [4.78, 5) is 5.02. The van der Waals surface area contributed by atoms with Gasteiger partial charge in [-0.05, 0) is 31.2 Å². The molecule has 10 heteroatoms. The molecular weight excluding hydrogens is 463 g/mol. The molecule has 134 valence electrons. The quantitative estimate of drug-likeness (QED) is 0.242. The van der Waals surface area contributed by atoms with Gasteiger partial charge in [0.2, 0.25) is 10.0 Å². The monoisotopic (exact) mass is 484 g/mol. The van der Waals surface area contributed by atoms with Crippen LogP contribution >= 0.6 is 35.3 Å². The smallest absolute Gasteiger partial charge is 0.250 e. The van der Waals surface area contributed by atoms with E-state index in [1.54, 1.807) is 25.4 Å². The molecule has 0 unspecified atom stereocenters. The van der Waals surface area contributed by atoms with Crippen molar-refractivity contribution in [3.8, 4) is 0 Å². The Morgan fingerprint density at radius 1 is 1.25 bits per heavy atom. The number of thiophene rings is 1. The minimum absolute atomic E-state index is 0. The van der Waals surface area contributed by atoms with E-state index < -0.39 is 10.0 Å². The molecule has 0 aliphatic carbocycles. The van der Waals surface area contributed by atoms with Crippen LogP contribution in [0.15, 0.2) is 44.1 Å². The molecule has 0 atom stereocenters. The summed E-state index contributed by atoms with van der Waals surface area (Å²) in [6, 6.07) is 7.07. The van der Waals surface area contributed by atoms with Gasteiger partial charge < -0.3 is 15.1 Å². The first-order chi connectivity index (χ1) is 11.0. The molecule has 0 radical (unpaired) electrons. The zero-order valence-electron chi connectivity index (χ0n) is 13.4. The second-order valence-corrected chi connectivity index (χ2v) is 7.98. The van der Waals surface area contributed by atoms with E-state index in [4.69, 9.17) is 4.42 Å². The lowest BCUT2D eigenvalue weighted by Gasteiger charge is -2.11. The number of hydrogen-bond donors (Lipinski definition) is 3. The number of aryl methyl sites for hydroxylation is 1. The normalized spacial score (nSPS) is 11.8. The minimum atomic E-state index is -3.44. The maximum Gasteiger partial charge on any atom is 0.250 e. The first-order valence-electron chi connectivity index (χ1n) is 7.04. The van der Waals surface area contributed by atoms with E-state index in [1.165, 1.54) is 11.3 Å². The molecule has 2 aromatic heterocycles. The van der Waals surface area contributed by atoms with E-state index in [0.29, 0.717) is 23.3 Å². The second kappa shape index (κ2) is 10.0. The van der Waals surface area contributed by atoms with Crippen molar-refractivity contribution >= 4 is 51.3 Å². The Balaban J connectivity index is 0.00000288. The van der Waals surface area contributed by atoms with Gasteiger partial charge >= 0.3 is 0 Å². The van der Waals surface area contributed by atoms with Crippen molar-refractivity contribution in [2.75, 3.05) is 20.1 Å². The van der Waals surface area contributed by atoms with Crippen molar-refractivity contribution in [2.24, 2.45) is 4.99 Å². The lowest BCUT2D eigenvalue weighted by atomic mass is 10.4. The highest BCUT2D eigenvalue weighted by atomic mass is 127. The first kappa shape index (κ1) is 20.9. The summed E-state index contributed by atoms with van der Waals surface area (Å²) in [5.41, 5.74) is 0. The Hall–Kier alpha value is -1.11. The number of rotatable bonds is 7. The number of furan rings is 1. The van der Waals surface area contributed by atoms with Crippen molar-refractivity contribution in [3.05, 3.63) is 41.2 Å². The molecule has 0 saturated heterocycles. The third-order valence-corrected chi connectivity index (χ3v) is 5.88. The number of nitrogens with one attached hydrogen (secondary N) is 3. The highest BCUT2D eigenvalue weighted by molar-refractivity contribution is 14.0. The van der Waals surface area contributed by atoms with Crippen molar-refractivity contribution in [2.45, 2.75) is 17.7 Å². The van der Waals surface area contributed by atoms with Gasteiger partial charge in [-0.2, -0.15) is 0 Å². The maximum absolute atomic E-state index is 12.1. The summed E-state index contributed by atoms with van der Waals surface area (Å²) < 4.78 is 32.2. The molecule has 2 aromatic rings. The molecule has 0 saturated carbocycles. The van der Waals surface area contributed by atoms with Crippen molar-refractivity contribution in [1.82, 2.24) is 15.4 Å². The molecule has 0 aromatic carbocycles. The summed E-state index contributed by atoms with van der Waals surface area (Å²) in [6.45, 7) is 3.06. The number of nitrogens with zero attached hydrogens (tertiary/aromatic N) is 1. The SMILES string of the molecule is CN=C(NCCNS(=O)(=O)c1ccc(C)s1)NCc1ccco1.I. The average molecular weight is 484 g/mol. The number of aliphatic imine (C=N–C) groups is 1. The molecular formula is C14H21IN4O3S2. The molecule has 0 aliphatic rings. The minimum Gasteiger partial charge on any atom is -0.467 e. The lowest BCUT2D eigenvalue weighted by molar-refractivity contribution is 0.501. The fourth-order valence-electron chi connectivity index (χ4n) is 1.80. The molecule has 0 aliphatic heterocycles. The number of sulfonamides is 1. The van der Waals surface area contributed by atoms with Crippen LogP contribution in [-0.4, -0.2) is 34.5 Å². The fourth-order valence-corrected chi connectivity index (χ4v) is 4.16. The lowest BCUT2D eigenvalue weighted by Crippen LogP contribution is -2.41. The maximum atomic E-state index is 12.1. The summed E-state index contributed by atoms with van der Waals surface area (Å²) in [6.07, 6.45) is 1.61. The summed E-state index contributed by atoms with van der Waals surface area (Å²) in [5.74, 6) is 1.37. The van der Waals surface area contributed by atoms with Crippen LogP contribution in [-0.2, 0) is 16.6 Å². The Bertz CT molecular complexity index is 742. The van der Waals surface area contributed by atoms with E-state index >= 15 is 0 Å². The van der Waals surface area contributed by atoms with Gasteiger partial charge in [-0.1, -0.05) is 0 Å². The largest absolute Gasteiger partial charge is 0.467 e. The van der Waals surface area contributed by atoms with E-state index in [0.717, 1.165) is 10.6 Å². The first-order valence-corrected chi connectivity index (χ1v) is 9.34. The Labute approximate surface area is 163 Å².